The van der Waals surface area contributed by atoms with Crippen molar-refractivity contribution < 1.29 is 17.9 Å². The van der Waals surface area contributed by atoms with Crippen LogP contribution in [0.15, 0.2) is 65.6 Å². The molecule has 0 unspecified atom stereocenters. The molecule has 32 heavy (non-hydrogen) atoms. The molecule has 4 rings (SSSR count). The first-order chi connectivity index (χ1) is 15.3. The highest BCUT2D eigenvalue weighted by Crippen LogP contribution is 2.35. The Labute approximate surface area is 192 Å². The number of carbonyl (C=O) groups excluding carboxylic acids is 1. The SMILES string of the molecule is Cc1cccc(NC(=O)COc2ccc(S(=O)(=O)N3CCc4ccccc43)cc2Cl)c1C. The molecule has 0 fully saturated rings. The van der Waals surface area contributed by atoms with Crippen LogP contribution in [0.1, 0.15) is 16.7 Å². The number of ether oxygens (including phenoxy) is 1. The fraction of sp³-hybridized carbons (Fsp3) is 0.208. The topological polar surface area (TPSA) is 75.7 Å². The van der Waals surface area contributed by atoms with Gasteiger partial charge in [0.25, 0.3) is 15.9 Å². The number of hydrogen-bond acceptors (Lipinski definition) is 4. The minimum absolute atomic E-state index is 0.0754. The molecule has 0 saturated heterocycles. The Kier molecular flexibility index (Phi) is 6.13. The van der Waals surface area contributed by atoms with Gasteiger partial charge in [-0.15, -0.1) is 0 Å². The number of hydrogen-bond donors (Lipinski definition) is 1. The van der Waals surface area contributed by atoms with Crippen LogP contribution in [-0.4, -0.2) is 27.5 Å². The molecular formula is C24H23ClN2O4S. The predicted octanol–water partition coefficient (Wildman–Crippen LogP) is 4.73. The number of rotatable bonds is 6. The minimum atomic E-state index is -3.76. The van der Waals surface area contributed by atoms with Gasteiger partial charge in [-0.05, 0) is 67.3 Å². The highest BCUT2D eigenvalue weighted by Gasteiger charge is 2.31. The molecule has 166 valence electrons. The molecule has 0 spiro atoms. The van der Waals surface area contributed by atoms with Gasteiger partial charge in [0.15, 0.2) is 6.61 Å². The third-order valence-electron chi connectivity index (χ3n) is 5.57. The molecular weight excluding hydrogens is 448 g/mol. The van der Waals surface area contributed by atoms with E-state index < -0.39 is 10.0 Å². The van der Waals surface area contributed by atoms with Gasteiger partial charge in [0.1, 0.15) is 5.75 Å². The smallest absolute Gasteiger partial charge is 0.264 e. The molecule has 1 aliphatic heterocycles. The molecule has 1 aliphatic rings. The second kappa shape index (κ2) is 8.84. The highest BCUT2D eigenvalue weighted by molar-refractivity contribution is 7.92. The third kappa shape index (κ3) is 4.31. The van der Waals surface area contributed by atoms with Gasteiger partial charge in [0.05, 0.1) is 15.6 Å². The Morgan fingerprint density at radius 1 is 1.09 bits per heavy atom. The summed E-state index contributed by atoms with van der Waals surface area (Å²) in [6.07, 6.45) is 0.667. The average Bonchev–Trinajstić information content (AvgIpc) is 3.21. The fourth-order valence-electron chi connectivity index (χ4n) is 3.66. The van der Waals surface area contributed by atoms with Crippen molar-refractivity contribution in [3.63, 3.8) is 0 Å². The molecule has 6 nitrogen and oxygen atoms in total. The van der Waals surface area contributed by atoms with Crippen LogP contribution >= 0.6 is 11.6 Å². The van der Waals surface area contributed by atoms with E-state index in [9.17, 15) is 13.2 Å². The van der Waals surface area contributed by atoms with Crippen LogP contribution in [-0.2, 0) is 21.2 Å². The van der Waals surface area contributed by atoms with E-state index in [1.807, 2.05) is 50.2 Å². The number of para-hydroxylation sites is 1. The van der Waals surface area contributed by atoms with Crippen molar-refractivity contribution in [3.05, 3.63) is 82.4 Å². The molecule has 1 amide bonds. The van der Waals surface area contributed by atoms with Crippen LogP contribution in [0.5, 0.6) is 5.75 Å². The zero-order chi connectivity index (χ0) is 22.9. The summed E-state index contributed by atoms with van der Waals surface area (Å²) in [7, 11) is -3.76. The zero-order valence-electron chi connectivity index (χ0n) is 17.8. The van der Waals surface area contributed by atoms with E-state index in [0.29, 0.717) is 18.7 Å². The van der Waals surface area contributed by atoms with Crippen LogP contribution in [0, 0.1) is 13.8 Å². The van der Waals surface area contributed by atoms with Crippen molar-refractivity contribution in [1.82, 2.24) is 0 Å². The minimum Gasteiger partial charge on any atom is -0.482 e. The number of nitrogens with zero attached hydrogens (tertiary/aromatic N) is 1. The maximum Gasteiger partial charge on any atom is 0.264 e. The number of benzene rings is 3. The number of carbonyl (C=O) groups is 1. The fourth-order valence-corrected chi connectivity index (χ4v) is 5.49. The number of halogens is 1. The van der Waals surface area contributed by atoms with Crippen molar-refractivity contribution >= 4 is 38.9 Å². The Morgan fingerprint density at radius 2 is 1.88 bits per heavy atom. The van der Waals surface area contributed by atoms with Crippen molar-refractivity contribution in [2.24, 2.45) is 0 Å². The van der Waals surface area contributed by atoms with Crippen LogP contribution in [0.2, 0.25) is 5.02 Å². The van der Waals surface area contributed by atoms with Crippen molar-refractivity contribution in [3.8, 4) is 5.75 Å². The molecule has 3 aromatic carbocycles. The first-order valence-corrected chi connectivity index (χ1v) is 12.0. The Hall–Kier alpha value is -3.03. The van der Waals surface area contributed by atoms with E-state index >= 15 is 0 Å². The number of aryl methyl sites for hydroxylation is 1. The van der Waals surface area contributed by atoms with E-state index in [1.165, 1.54) is 22.5 Å². The highest BCUT2D eigenvalue weighted by atomic mass is 35.5. The molecule has 0 saturated carbocycles. The van der Waals surface area contributed by atoms with E-state index in [2.05, 4.69) is 5.32 Å². The van der Waals surface area contributed by atoms with Crippen molar-refractivity contribution in [2.45, 2.75) is 25.2 Å². The monoisotopic (exact) mass is 470 g/mol. The van der Waals surface area contributed by atoms with Crippen LogP contribution < -0.4 is 14.4 Å². The average molecular weight is 471 g/mol. The zero-order valence-corrected chi connectivity index (χ0v) is 19.3. The van der Waals surface area contributed by atoms with E-state index in [4.69, 9.17) is 16.3 Å². The Bertz CT molecular complexity index is 1290. The lowest BCUT2D eigenvalue weighted by Crippen LogP contribution is -2.29. The van der Waals surface area contributed by atoms with Crippen molar-refractivity contribution in [1.29, 1.82) is 0 Å². The largest absolute Gasteiger partial charge is 0.482 e. The maximum absolute atomic E-state index is 13.2. The lowest BCUT2D eigenvalue weighted by Gasteiger charge is -2.20. The molecule has 8 heteroatoms. The standard InChI is InChI=1S/C24H23ClN2O4S/c1-16-6-5-8-21(17(16)2)26-24(28)15-31-23-11-10-19(14-20(23)25)32(29,30)27-13-12-18-7-3-4-9-22(18)27/h3-11,14H,12-13,15H2,1-2H3,(H,26,28). The van der Waals surface area contributed by atoms with Gasteiger partial charge in [-0.25, -0.2) is 8.42 Å². The number of anilines is 2. The summed E-state index contributed by atoms with van der Waals surface area (Å²) < 4.78 is 33.2. The normalized spacial score (nSPS) is 13.0. The molecule has 0 radical (unpaired) electrons. The van der Waals surface area contributed by atoms with Gasteiger partial charge in [-0.3, -0.25) is 9.10 Å². The molecule has 3 aromatic rings. The first kappa shape index (κ1) is 22.2. The molecule has 0 bridgehead atoms. The molecule has 0 atom stereocenters. The van der Waals surface area contributed by atoms with E-state index in [1.54, 1.807) is 6.07 Å². The van der Waals surface area contributed by atoms with Crippen molar-refractivity contribution in [2.75, 3.05) is 22.8 Å². The van der Waals surface area contributed by atoms with Gasteiger partial charge >= 0.3 is 0 Å². The van der Waals surface area contributed by atoms with E-state index in [0.717, 1.165) is 22.4 Å². The second-order valence-electron chi connectivity index (χ2n) is 7.63. The third-order valence-corrected chi connectivity index (χ3v) is 7.68. The number of sulfonamides is 1. The van der Waals surface area contributed by atoms with E-state index in [-0.39, 0.29) is 28.2 Å². The van der Waals surface area contributed by atoms with Gasteiger partial charge in [-0.2, -0.15) is 0 Å². The molecule has 1 heterocycles. The summed E-state index contributed by atoms with van der Waals surface area (Å²) in [4.78, 5) is 12.4. The number of fused-ring (bicyclic) bond motifs is 1. The summed E-state index contributed by atoms with van der Waals surface area (Å²) in [5, 5.41) is 2.94. The summed E-state index contributed by atoms with van der Waals surface area (Å²) in [6, 6.07) is 17.4. The quantitative estimate of drug-likeness (QED) is 0.565. The van der Waals surface area contributed by atoms with Gasteiger partial charge in [0, 0.05) is 12.2 Å². The maximum atomic E-state index is 13.2. The van der Waals surface area contributed by atoms with Gasteiger partial charge < -0.3 is 10.1 Å². The van der Waals surface area contributed by atoms with Crippen LogP contribution in [0.4, 0.5) is 11.4 Å². The molecule has 0 aliphatic carbocycles. The number of amides is 1. The molecule has 1 N–H and O–H groups in total. The van der Waals surface area contributed by atoms with Crippen LogP contribution in [0.25, 0.3) is 0 Å². The van der Waals surface area contributed by atoms with Crippen LogP contribution in [0.3, 0.4) is 0 Å². The summed E-state index contributed by atoms with van der Waals surface area (Å²) >= 11 is 6.29. The first-order valence-electron chi connectivity index (χ1n) is 10.2. The Balaban J connectivity index is 1.46. The number of nitrogens with one attached hydrogen (secondary N) is 1. The lowest BCUT2D eigenvalue weighted by atomic mass is 10.1. The lowest BCUT2D eigenvalue weighted by molar-refractivity contribution is -0.118. The summed E-state index contributed by atoms with van der Waals surface area (Å²) in [5.41, 5.74) is 4.46. The van der Waals surface area contributed by atoms with Gasteiger partial charge in [0.2, 0.25) is 0 Å². The van der Waals surface area contributed by atoms with Gasteiger partial charge in [-0.1, -0.05) is 41.9 Å². The second-order valence-corrected chi connectivity index (χ2v) is 9.90. The molecule has 0 aromatic heterocycles. The predicted molar refractivity (Wildman–Crippen MR) is 126 cm³/mol. The Morgan fingerprint density at radius 3 is 2.66 bits per heavy atom. The summed E-state index contributed by atoms with van der Waals surface area (Å²) in [6.45, 7) is 4.03. The summed E-state index contributed by atoms with van der Waals surface area (Å²) in [5.74, 6) is -0.0938.